The van der Waals surface area contributed by atoms with Crippen LogP contribution in [-0.4, -0.2) is 74.2 Å². The number of carbonyl (C=O) groups excluding carboxylic acids is 1. The molecule has 0 aromatic heterocycles. The molecule has 0 N–H and O–H groups in total. The van der Waals surface area contributed by atoms with Crippen LogP contribution in [-0.2, 0) is 14.8 Å². The number of piperazine rings is 1. The zero-order valence-electron chi connectivity index (χ0n) is 16.3. The van der Waals surface area contributed by atoms with Crippen molar-refractivity contribution >= 4 is 15.9 Å². The number of hydrogen-bond acceptors (Lipinski definition) is 4. The number of aryl methyl sites for hydroxylation is 1. The molecular weight excluding hydrogens is 362 g/mol. The fourth-order valence-corrected chi connectivity index (χ4v) is 5.20. The highest BCUT2D eigenvalue weighted by Gasteiger charge is 2.29. The lowest BCUT2D eigenvalue weighted by molar-refractivity contribution is -0.133. The van der Waals surface area contributed by atoms with E-state index in [1.165, 1.54) is 23.6 Å². The number of rotatable bonds is 4. The van der Waals surface area contributed by atoms with Crippen molar-refractivity contribution in [3.05, 3.63) is 29.8 Å². The Morgan fingerprint density at radius 1 is 0.852 bits per heavy atom. The molecule has 0 aliphatic carbocycles. The van der Waals surface area contributed by atoms with Gasteiger partial charge in [-0.05, 0) is 31.9 Å². The molecule has 1 aromatic rings. The monoisotopic (exact) mass is 393 g/mol. The van der Waals surface area contributed by atoms with Gasteiger partial charge in [-0.1, -0.05) is 37.0 Å². The second-order valence-electron chi connectivity index (χ2n) is 7.64. The Morgan fingerprint density at radius 3 is 2.00 bits per heavy atom. The third kappa shape index (κ3) is 5.30. The standard InChI is InChI=1S/C20H31N3O3S/c1-18-7-9-19(10-8-18)27(25,26)23-15-13-21(14-16-23)17-20(24)22-11-5-3-2-4-6-12-22/h7-10H,2-6,11-17H2,1H3. The van der Waals surface area contributed by atoms with Crippen LogP contribution in [0.15, 0.2) is 29.2 Å². The van der Waals surface area contributed by atoms with Gasteiger partial charge in [0.25, 0.3) is 0 Å². The predicted molar refractivity (Wildman–Crippen MR) is 106 cm³/mol. The first-order valence-electron chi connectivity index (χ1n) is 10.0. The van der Waals surface area contributed by atoms with E-state index in [1.807, 2.05) is 24.0 Å². The van der Waals surface area contributed by atoms with Gasteiger partial charge >= 0.3 is 0 Å². The average Bonchev–Trinajstić information content (AvgIpc) is 2.62. The second kappa shape index (κ2) is 9.17. The molecule has 7 heteroatoms. The molecule has 150 valence electrons. The van der Waals surface area contributed by atoms with Gasteiger partial charge in [-0.25, -0.2) is 8.42 Å². The lowest BCUT2D eigenvalue weighted by Crippen LogP contribution is -2.51. The summed E-state index contributed by atoms with van der Waals surface area (Å²) in [4.78, 5) is 17.0. The predicted octanol–water partition coefficient (Wildman–Crippen LogP) is 2.09. The molecule has 2 fully saturated rings. The van der Waals surface area contributed by atoms with Crippen molar-refractivity contribution in [2.24, 2.45) is 0 Å². The lowest BCUT2D eigenvalue weighted by atomic mass is 10.1. The first-order chi connectivity index (χ1) is 13.0. The van der Waals surface area contributed by atoms with Crippen LogP contribution in [0.4, 0.5) is 0 Å². The van der Waals surface area contributed by atoms with E-state index >= 15 is 0 Å². The van der Waals surface area contributed by atoms with Crippen LogP contribution in [0.2, 0.25) is 0 Å². The summed E-state index contributed by atoms with van der Waals surface area (Å²) in [6.45, 7) is 6.14. The molecule has 1 amide bonds. The van der Waals surface area contributed by atoms with Crippen molar-refractivity contribution in [2.75, 3.05) is 45.8 Å². The Morgan fingerprint density at radius 2 is 1.41 bits per heavy atom. The van der Waals surface area contributed by atoms with Crippen molar-refractivity contribution in [1.29, 1.82) is 0 Å². The van der Waals surface area contributed by atoms with E-state index in [0.717, 1.165) is 31.5 Å². The number of hydrogen-bond donors (Lipinski definition) is 0. The Balaban J connectivity index is 1.52. The third-order valence-corrected chi connectivity index (χ3v) is 7.47. The highest BCUT2D eigenvalue weighted by Crippen LogP contribution is 2.18. The first-order valence-corrected chi connectivity index (χ1v) is 11.5. The Hall–Kier alpha value is -1.44. The smallest absolute Gasteiger partial charge is 0.243 e. The maximum absolute atomic E-state index is 12.8. The van der Waals surface area contributed by atoms with Gasteiger partial charge in [-0.15, -0.1) is 0 Å². The van der Waals surface area contributed by atoms with Crippen molar-refractivity contribution in [3.63, 3.8) is 0 Å². The summed E-state index contributed by atoms with van der Waals surface area (Å²) in [5.74, 6) is 0.187. The molecule has 3 rings (SSSR count). The Bertz CT molecular complexity index is 717. The summed E-state index contributed by atoms with van der Waals surface area (Å²) in [7, 11) is -3.45. The minimum absolute atomic E-state index is 0.187. The van der Waals surface area contributed by atoms with Crippen LogP contribution < -0.4 is 0 Å². The lowest BCUT2D eigenvalue weighted by Gasteiger charge is -2.35. The van der Waals surface area contributed by atoms with Crippen LogP contribution in [0.5, 0.6) is 0 Å². The summed E-state index contributed by atoms with van der Waals surface area (Å²) in [5.41, 5.74) is 1.04. The maximum atomic E-state index is 12.8. The van der Waals surface area contributed by atoms with E-state index in [4.69, 9.17) is 0 Å². The quantitative estimate of drug-likeness (QED) is 0.786. The van der Waals surface area contributed by atoms with E-state index in [2.05, 4.69) is 4.90 Å². The largest absolute Gasteiger partial charge is 0.342 e. The highest BCUT2D eigenvalue weighted by molar-refractivity contribution is 7.89. The molecule has 2 heterocycles. The number of sulfonamides is 1. The van der Waals surface area contributed by atoms with Gasteiger partial charge in [0.05, 0.1) is 11.4 Å². The SMILES string of the molecule is Cc1ccc(S(=O)(=O)N2CCN(CC(=O)N3CCCCCCC3)CC2)cc1. The van der Waals surface area contributed by atoms with Crippen molar-refractivity contribution in [3.8, 4) is 0 Å². The van der Waals surface area contributed by atoms with Gasteiger partial charge in [0, 0.05) is 39.3 Å². The molecule has 0 atom stereocenters. The Kier molecular flexibility index (Phi) is 6.89. The molecule has 0 radical (unpaired) electrons. The van der Waals surface area contributed by atoms with Crippen LogP contribution in [0.25, 0.3) is 0 Å². The number of nitrogens with zero attached hydrogens (tertiary/aromatic N) is 3. The zero-order chi connectivity index (χ0) is 19.3. The van der Waals surface area contributed by atoms with Crippen molar-refractivity contribution in [1.82, 2.24) is 14.1 Å². The van der Waals surface area contributed by atoms with Crippen LogP contribution in [0.3, 0.4) is 0 Å². The molecule has 2 aliphatic heterocycles. The molecular formula is C20H31N3O3S. The van der Waals surface area contributed by atoms with Crippen molar-refractivity contribution < 1.29 is 13.2 Å². The van der Waals surface area contributed by atoms with Crippen LogP contribution in [0.1, 0.15) is 37.7 Å². The van der Waals surface area contributed by atoms with E-state index < -0.39 is 10.0 Å². The van der Waals surface area contributed by atoms with Gasteiger partial charge in [-0.2, -0.15) is 4.31 Å². The molecule has 1 aromatic carbocycles. The first kappa shape index (κ1) is 20.3. The summed E-state index contributed by atoms with van der Waals surface area (Å²) in [6, 6.07) is 6.99. The van der Waals surface area contributed by atoms with E-state index in [9.17, 15) is 13.2 Å². The van der Waals surface area contributed by atoms with Crippen LogP contribution >= 0.6 is 0 Å². The summed E-state index contributed by atoms with van der Waals surface area (Å²) in [5, 5.41) is 0. The summed E-state index contributed by atoms with van der Waals surface area (Å²) >= 11 is 0. The summed E-state index contributed by atoms with van der Waals surface area (Å²) in [6.07, 6.45) is 5.88. The van der Waals surface area contributed by atoms with E-state index in [1.54, 1.807) is 12.1 Å². The van der Waals surface area contributed by atoms with E-state index in [0.29, 0.717) is 37.6 Å². The molecule has 0 bridgehead atoms. The number of amides is 1. The number of carbonyl (C=O) groups is 1. The normalized spacial score (nSPS) is 20.9. The minimum atomic E-state index is -3.45. The van der Waals surface area contributed by atoms with Gasteiger partial charge in [-0.3, -0.25) is 9.69 Å². The van der Waals surface area contributed by atoms with Crippen molar-refractivity contribution in [2.45, 2.75) is 43.9 Å². The molecule has 6 nitrogen and oxygen atoms in total. The third-order valence-electron chi connectivity index (χ3n) is 5.56. The maximum Gasteiger partial charge on any atom is 0.243 e. The van der Waals surface area contributed by atoms with Gasteiger partial charge in [0.15, 0.2) is 0 Å². The second-order valence-corrected chi connectivity index (χ2v) is 9.58. The zero-order valence-corrected chi connectivity index (χ0v) is 17.1. The fraction of sp³-hybridized carbons (Fsp3) is 0.650. The average molecular weight is 394 g/mol. The highest BCUT2D eigenvalue weighted by atomic mass is 32.2. The van der Waals surface area contributed by atoms with Gasteiger partial charge in [0.2, 0.25) is 15.9 Å². The molecule has 0 unspecified atom stereocenters. The molecule has 0 spiro atoms. The van der Waals surface area contributed by atoms with Gasteiger partial charge < -0.3 is 4.90 Å². The van der Waals surface area contributed by atoms with E-state index in [-0.39, 0.29) is 5.91 Å². The minimum Gasteiger partial charge on any atom is -0.342 e. The van der Waals surface area contributed by atoms with Gasteiger partial charge in [0.1, 0.15) is 0 Å². The Labute approximate surface area is 163 Å². The topological polar surface area (TPSA) is 60.9 Å². The fourth-order valence-electron chi connectivity index (χ4n) is 3.78. The molecule has 0 saturated carbocycles. The number of likely N-dealkylation sites (tertiary alicyclic amines) is 1. The molecule has 2 saturated heterocycles. The number of benzene rings is 1. The van der Waals surface area contributed by atoms with Crippen LogP contribution in [0, 0.1) is 6.92 Å². The molecule has 27 heavy (non-hydrogen) atoms. The molecule has 2 aliphatic rings. The summed E-state index contributed by atoms with van der Waals surface area (Å²) < 4.78 is 27.1.